The van der Waals surface area contributed by atoms with Gasteiger partial charge in [-0.3, -0.25) is 0 Å². The van der Waals surface area contributed by atoms with Crippen LogP contribution in [0.1, 0.15) is 27.3 Å². The van der Waals surface area contributed by atoms with Gasteiger partial charge < -0.3 is 15.2 Å². The zero-order chi connectivity index (χ0) is 11.6. The van der Waals surface area contributed by atoms with Gasteiger partial charge >= 0.3 is 11.9 Å². The predicted molar refractivity (Wildman–Crippen MR) is 53.9 cm³/mol. The van der Waals surface area contributed by atoms with E-state index in [-0.39, 0.29) is 5.56 Å². The third-order valence-electron chi connectivity index (χ3n) is 2.08. The molecule has 0 aromatic carbocycles. The number of aliphatic carboxylic acids is 1. The molecule has 5 nitrogen and oxygen atoms in total. The summed E-state index contributed by atoms with van der Waals surface area (Å²) in [6, 6.07) is 0. The average molecular weight is 209 g/mol. The SMILES string of the molecule is Cc1[nH]c(C=CC(=O)O)c(C)c1C(=O)O. The summed E-state index contributed by atoms with van der Waals surface area (Å²) >= 11 is 0. The number of aromatic amines is 1. The fourth-order valence-corrected chi connectivity index (χ4v) is 1.42. The van der Waals surface area contributed by atoms with Gasteiger partial charge in [0.15, 0.2) is 0 Å². The summed E-state index contributed by atoms with van der Waals surface area (Å²) in [6.07, 6.45) is 2.31. The predicted octanol–water partition coefficient (Wildman–Crippen LogP) is 1.43. The van der Waals surface area contributed by atoms with Gasteiger partial charge in [-0.1, -0.05) is 0 Å². The van der Waals surface area contributed by atoms with Crippen LogP contribution in [0.25, 0.3) is 6.08 Å². The summed E-state index contributed by atoms with van der Waals surface area (Å²) in [6.45, 7) is 3.27. The fraction of sp³-hybridized carbons (Fsp3) is 0.200. The summed E-state index contributed by atoms with van der Waals surface area (Å²) in [5, 5.41) is 17.3. The molecule has 0 saturated carbocycles. The lowest BCUT2D eigenvalue weighted by atomic mass is 10.1. The molecule has 0 unspecified atom stereocenters. The van der Waals surface area contributed by atoms with Crippen molar-refractivity contribution in [2.24, 2.45) is 0 Å². The molecule has 0 atom stereocenters. The first-order valence-corrected chi connectivity index (χ1v) is 4.27. The molecule has 80 valence electrons. The van der Waals surface area contributed by atoms with E-state index in [1.54, 1.807) is 13.8 Å². The molecule has 0 aliphatic heterocycles. The quantitative estimate of drug-likeness (QED) is 0.657. The molecule has 0 saturated heterocycles. The van der Waals surface area contributed by atoms with Crippen LogP contribution < -0.4 is 0 Å². The smallest absolute Gasteiger partial charge is 0.337 e. The minimum atomic E-state index is -1.07. The molecule has 15 heavy (non-hydrogen) atoms. The van der Waals surface area contributed by atoms with Crippen LogP contribution in [-0.4, -0.2) is 27.1 Å². The molecule has 5 heteroatoms. The summed E-state index contributed by atoms with van der Waals surface area (Å²) in [5.41, 5.74) is 1.76. The van der Waals surface area contributed by atoms with Crippen LogP contribution in [-0.2, 0) is 4.79 Å². The number of carbonyl (C=O) groups is 2. The zero-order valence-corrected chi connectivity index (χ0v) is 8.37. The van der Waals surface area contributed by atoms with Crippen LogP contribution in [0, 0.1) is 13.8 Å². The highest BCUT2D eigenvalue weighted by atomic mass is 16.4. The Kier molecular flexibility index (Phi) is 2.94. The maximum atomic E-state index is 10.8. The van der Waals surface area contributed by atoms with Gasteiger partial charge in [0.1, 0.15) is 0 Å². The molecule has 3 N–H and O–H groups in total. The van der Waals surface area contributed by atoms with Crippen molar-refractivity contribution in [2.45, 2.75) is 13.8 Å². The van der Waals surface area contributed by atoms with Gasteiger partial charge in [-0.25, -0.2) is 9.59 Å². The second-order valence-electron chi connectivity index (χ2n) is 3.14. The summed E-state index contributed by atoms with van der Waals surface area (Å²) in [4.78, 5) is 23.9. The Labute approximate surface area is 86.1 Å². The molecule has 0 bridgehead atoms. The van der Waals surface area contributed by atoms with Crippen LogP contribution in [0.5, 0.6) is 0 Å². The van der Waals surface area contributed by atoms with E-state index < -0.39 is 11.9 Å². The van der Waals surface area contributed by atoms with Crippen LogP contribution in [0.4, 0.5) is 0 Å². The van der Waals surface area contributed by atoms with Gasteiger partial charge in [-0.2, -0.15) is 0 Å². The van der Waals surface area contributed by atoms with Gasteiger partial charge in [0, 0.05) is 17.5 Å². The molecule has 1 rings (SSSR count). The summed E-state index contributed by atoms with van der Waals surface area (Å²) < 4.78 is 0. The van der Waals surface area contributed by atoms with Gasteiger partial charge in [0.05, 0.1) is 5.56 Å². The first-order valence-electron chi connectivity index (χ1n) is 4.27. The largest absolute Gasteiger partial charge is 0.478 e. The maximum absolute atomic E-state index is 10.8. The molecule has 0 aliphatic rings. The van der Waals surface area contributed by atoms with Crippen molar-refractivity contribution in [3.63, 3.8) is 0 Å². The van der Waals surface area contributed by atoms with E-state index in [0.29, 0.717) is 17.0 Å². The third kappa shape index (κ3) is 2.25. The highest BCUT2D eigenvalue weighted by Gasteiger charge is 2.15. The molecule has 0 amide bonds. The van der Waals surface area contributed by atoms with E-state index in [1.165, 1.54) is 6.08 Å². The van der Waals surface area contributed by atoms with Crippen molar-refractivity contribution in [2.75, 3.05) is 0 Å². The van der Waals surface area contributed by atoms with E-state index in [4.69, 9.17) is 10.2 Å². The summed E-state index contributed by atoms with van der Waals surface area (Å²) in [7, 11) is 0. The Morgan fingerprint density at radius 3 is 2.27 bits per heavy atom. The molecule has 0 fully saturated rings. The topological polar surface area (TPSA) is 90.4 Å². The number of H-pyrrole nitrogens is 1. The van der Waals surface area contributed by atoms with Gasteiger partial charge in [-0.15, -0.1) is 0 Å². The van der Waals surface area contributed by atoms with E-state index in [2.05, 4.69) is 4.98 Å². The van der Waals surface area contributed by atoms with Crippen molar-refractivity contribution in [1.29, 1.82) is 0 Å². The highest BCUT2D eigenvalue weighted by Crippen LogP contribution is 2.18. The molecular weight excluding hydrogens is 198 g/mol. The number of nitrogens with one attached hydrogen (secondary N) is 1. The fourth-order valence-electron chi connectivity index (χ4n) is 1.42. The van der Waals surface area contributed by atoms with E-state index in [1.807, 2.05) is 0 Å². The summed E-state index contributed by atoms with van der Waals surface area (Å²) in [5.74, 6) is -2.09. The molecule has 0 spiro atoms. The molecule has 0 radical (unpaired) electrons. The number of rotatable bonds is 3. The van der Waals surface area contributed by atoms with Gasteiger partial charge in [-0.05, 0) is 25.5 Å². The number of aromatic carboxylic acids is 1. The monoisotopic (exact) mass is 209 g/mol. The minimum absolute atomic E-state index is 0.194. The number of hydrogen-bond donors (Lipinski definition) is 3. The Hall–Kier alpha value is -2.04. The van der Waals surface area contributed by atoms with Gasteiger partial charge in [0.25, 0.3) is 0 Å². The maximum Gasteiger partial charge on any atom is 0.337 e. The second-order valence-corrected chi connectivity index (χ2v) is 3.14. The van der Waals surface area contributed by atoms with Crippen molar-refractivity contribution in [3.05, 3.63) is 28.6 Å². The van der Waals surface area contributed by atoms with Crippen LogP contribution in [0.15, 0.2) is 6.08 Å². The Balaban J connectivity index is 3.18. The van der Waals surface area contributed by atoms with E-state index in [0.717, 1.165) is 6.08 Å². The number of carboxylic acids is 2. The van der Waals surface area contributed by atoms with Crippen molar-refractivity contribution in [3.8, 4) is 0 Å². The minimum Gasteiger partial charge on any atom is -0.478 e. The van der Waals surface area contributed by atoms with Gasteiger partial charge in [0.2, 0.25) is 0 Å². The normalized spacial score (nSPS) is 10.8. The lowest BCUT2D eigenvalue weighted by molar-refractivity contribution is -0.131. The Morgan fingerprint density at radius 1 is 1.27 bits per heavy atom. The zero-order valence-electron chi connectivity index (χ0n) is 8.37. The third-order valence-corrected chi connectivity index (χ3v) is 2.08. The van der Waals surface area contributed by atoms with Crippen molar-refractivity contribution >= 4 is 18.0 Å². The molecule has 1 aromatic heterocycles. The molecular formula is C10H11NO4. The van der Waals surface area contributed by atoms with E-state index in [9.17, 15) is 9.59 Å². The van der Waals surface area contributed by atoms with Crippen molar-refractivity contribution in [1.82, 2.24) is 4.98 Å². The van der Waals surface area contributed by atoms with Crippen molar-refractivity contribution < 1.29 is 19.8 Å². The Bertz CT molecular complexity index is 443. The molecule has 0 aliphatic carbocycles. The lowest BCUT2D eigenvalue weighted by Gasteiger charge is -1.93. The number of aryl methyl sites for hydroxylation is 1. The first-order chi connectivity index (χ1) is 6.93. The first kappa shape index (κ1) is 11.0. The average Bonchev–Trinajstić information content (AvgIpc) is 2.37. The molecule has 1 heterocycles. The van der Waals surface area contributed by atoms with E-state index >= 15 is 0 Å². The second kappa shape index (κ2) is 4.00. The number of carboxylic acid groups (broad SMARTS) is 2. The highest BCUT2D eigenvalue weighted by molar-refractivity contribution is 5.93. The number of hydrogen-bond acceptors (Lipinski definition) is 2. The number of aromatic nitrogens is 1. The van der Waals surface area contributed by atoms with Crippen LogP contribution in [0.3, 0.4) is 0 Å². The van der Waals surface area contributed by atoms with Crippen LogP contribution in [0.2, 0.25) is 0 Å². The molecule has 1 aromatic rings. The lowest BCUT2D eigenvalue weighted by Crippen LogP contribution is -1.98. The van der Waals surface area contributed by atoms with Crippen LogP contribution >= 0.6 is 0 Å². The standard InChI is InChI=1S/C10H11NO4/c1-5-7(3-4-8(12)13)11-6(2)9(5)10(14)15/h3-4,11H,1-2H3,(H,12,13)(H,14,15). The Morgan fingerprint density at radius 2 is 1.87 bits per heavy atom.